The average Bonchev–Trinajstić information content (AvgIpc) is 2.94. The highest BCUT2D eigenvalue weighted by atomic mass is 32.2. The molecule has 1 saturated heterocycles. The minimum atomic E-state index is -0.301. The van der Waals surface area contributed by atoms with Crippen molar-refractivity contribution in [2.24, 2.45) is 5.92 Å². The fourth-order valence-electron chi connectivity index (χ4n) is 1.73. The van der Waals surface area contributed by atoms with Gasteiger partial charge in [-0.25, -0.2) is 9.78 Å². The summed E-state index contributed by atoms with van der Waals surface area (Å²) in [5.74, 6) is 2.91. The molecule has 0 bridgehead atoms. The lowest BCUT2D eigenvalue weighted by molar-refractivity contribution is 0.0605. The van der Waals surface area contributed by atoms with E-state index < -0.39 is 0 Å². The minimum absolute atomic E-state index is 0.301. The van der Waals surface area contributed by atoms with Crippen molar-refractivity contribution in [3.8, 4) is 0 Å². The van der Waals surface area contributed by atoms with Gasteiger partial charge in [0.15, 0.2) is 5.13 Å². The zero-order valence-electron chi connectivity index (χ0n) is 9.99. The van der Waals surface area contributed by atoms with Gasteiger partial charge in [0.1, 0.15) is 4.88 Å². The van der Waals surface area contributed by atoms with Gasteiger partial charge in [0.25, 0.3) is 0 Å². The molecule has 1 unspecified atom stereocenters. The summed E-state index contributed by atoms with van der Waals surface area (Å²) in [5, 5.41) is 4.13. The largest absolute Gasteiger partial charge is 0.465 e. The van der Waals surface area contributed by atoms with Crippen LogP contribution in [0.3, 0.4) is 0 Å². The number of carbonyl (C=O) groups excluding carboxylic acids is 1. The summed E-state index contributed by atoms with van der Waals surface area (Å²) >= 11 is 3.38. The number of aromatic nitrogens is 1. The molecule has 0 saturated carbocycles. The summed E-state index contributed by atoms with van der Waals surface area (Å²) in [4.78, 5) is 16.4. The number of thiazole rings is 1. The molecule has 0 amide bonds. The summed E-state index contributed by atoms with van der Waals surface area (Å²) in [5.41, 5.74) is 0.741. The maximum Gasteiger partial charge on any atom is 0.350 e. The highest BCUT2D eigenvalue weighted by molar-refractivity contribution is 7.99. The molecule has 1 aromatic heterocycles. The van der Waals surface area contributed by atoms with Crippen LogP contribution in [0.15, 0.2) is 0 Å². The van der Waals surface area contributed by atoms with Crippen molar-refractivity contribution in [3.05, 3.63) is 10.6 Å². The van der Waals surface area contributed by atoms with E-state index in [4.69, 9.17) is 4.74 Å². The molecule has 1 aliphatic heterocycles. The number of carbonyl (C=O) groups is 1. The third-order valence-corrected chi connectivity index (χ3v) is 5.06. The number of hydrogen-bond acceptors (Lipinski definition) is 6. The summed E-state index contributed by atoms with van der Waals surface area (Å²) in [6.45, 7) is 2.78. The second kappa shape index (κ2) is 5.73. The van der Waals surface area contributed by atoms with Gasteiger partial charge in [-0.3, -0.25) is 0 Å². The van der Waals surface area contributed by atoms with E-state index in [1.165, 1.54) is 36.4 Å². The highest BCUT2D eigenvalue weighted by Crippen LogP contribution is 2.26. The molecule has 1 atom stereocenters. The number of methoxy groups -OCH3 is 1. The Morgan fingerprint density at radius 3 is 3.12 bits per heavy atom. The molecule has 0 spiro atoms. The number of hydrogen-bond donors (Lipinski definition) is 1. The zero-order valence-corrected chi connectivity index (χ0v) is 11.6. The maximum absolute atomic E-state index is 11.4. The average molecular weight is 272 g/mol. The Hall–Kier alpha value is -0.750. The van der Waals surface area contributed by atoms with E-state index in [2.05, 4.69) is 10.3 Å². The Morgan fingerprint density at radius 2 is 2.47 bits per heavy atom. The third kappa shape index (κ3) is 3.13. The Morgan fingerprint density at radius 1 is 1.65 bits per heavy atom. The van der Waals surface area contributed by atoms with E-state index in [9.17, 15) is 4.79 Å². The quantitative estimate of drug-likeness (QED) is 0.853. The molecule has 2 heterocycles. The first kappa shape index (κ1) is 12.7. The topological polar surface area (TPSA) is 51.2 Å². The van der Waals surface area contributed by atoms with Crippen molar-refractivity contribution >= 4 is 34.2 Å². The number of aryl methyl sites for hydroxylation is 1. The number of anilines is 1. The van der Waals surface area contributed by atoms with Crippen LogP contribution in [0.1, 0.15) is 21.8 Å². The number of esters is 1. The fraction of sp³-hybridized carbons (Fsp3) is 0.636. The fourth-order valence-corrected chi connectivity index (χ4v) is 3.91. The standard InChI is InChI=1S/C11H16N2O2S2/c1-7-9(10(14)15-2)17-11(13-7)12-5-8-3-4-16-6-8/h8H,3-6H2,1-2H3,(H,12,13). The molecule has 0 radical (unpaired) electrons. The van der Waals surface area contributed by atoms with Crippen LogP contribution in [0.2, 0.25) is 0 Å². The van der Waals surface area contributed by atoms with Gasteiger partial charge in [0, 0.05) is 6.54 Å². The molecule has 94 valence electrons. The van der Waals surface area contributed by atoms with Crippen LogP contribution in [0.25, 0.3) is 0 Å². The Balaban J connectivity index is 1.94. The van der Waals surface area contributed by atoms with E-state index in [1.807, 2.05) is 18.7 Å². The summed E-state index contributed by atoms with van der Waals surface area (Å²) in [6, 6.07) is 0. The van der Waals surface area contributed by atoms with Crippen LogP contribution < -0.4 is 5.32 Å². The first-order chi connectivity index (χ1) is 8.20. The van der Waals surface area contributed by atoms with Crippen molar-refractivity contribution in [1.29, 1.82) is 0 Å². The van der Waals surface area contributed by atoms with Gasteiger partial charge < -0.3 is 10.1 Å². The van der Waals surface area contributed by atoms with Gasteiger partial charge in [-0.15, -0.1) is 0 Å². The maximum atomic E-state index is 11.4. The van der Waals surface area contributed by atoms with Crippen molar-refractivity contribution in [2.45, 2.75) is 13.3 Å². The van der Waals surface area contributed by atoms with Gasteiger partial charge in [0.05, 0.1) is 12.8 Å². The molecule has 6 heteroatoms. The van der Waals surface area contributed by atoms with E-state index in [1.54, 1.807) is 0 Å². The Labute approximate surface area is 109 Å². The van der Waals surface area contributed by atoms with E-state index >= 15 is 0 Å². The number of nitrogens with one attached hydrogen (secondary N) is 1. The second-order valence-electron chi connectivity index (χ2n) is 4.04. The molecule has 1 aromatic rings. The lowest BCUT2D eigenvalue weighted by Crippen LogP contribution is -2.13. The van der Waals surface area contributed by atoms with Crippen LogP contribution in [-0.4, -0.2) is 36.1 Å². The van der Waals surface area contributed by atoms with Crippen LogP contribution in [0.5, 0.6) is 0 Å². The van der Waals surface area contributed by atoms with Crippen molar-refractivity contribution in [2.75, 3.05) is 30.5 Å². The van der Waals surface area contributed by atoms with Gasteiger partial charge in [-0.1, -0.05) is 11.3 Å². The Bertz CT molecular complexity index is 400. The first-order valence-corrected chi connectivity index (χ1v) is 7.55. The van der Waals surface area contributed by atoms with E-state index in [-0.39, 0.29) is 5.97 Å². The first-order valence-electron chi connectivity index (χ1n) is 5.58. The van der Waals surface area contributed by atoms with Crippen molar-refractivity contribution < 1.29 is 9.53 Å². The molecular weight excluding hydrogens is 256 g/mol. The molecular formula is C11H16N2O2S2. The lowest BCUT2D eigenvalue weighted by atomic mass is 10.1. The predicted octanol–water partition coefficient (Wildman–Crippen LogP) is 2.40. The Kier molecular flexibility index (Phi) is 4.28. The molecule has 2 rings (SSSR count). The van der Waals surface area contributed by atoms with Crippen LogP contribution in [-0.2, 0) is 4.74 Å². The number of nitrogens with zero attached hydrogens (tertiary/aromatic N) is 1. The summed E-state index contributed by atoms with van der Waals surface area (Å²) in [7, 11) is 1.39. The number of ether oxygens (including phenoxy) is 1. The van der Waals surface area contributed by atoms with Crippen LogP contribution in [0.4, 0.5) is 5.13 Å². The van der Waals surface area contributed by atoms with Gasteiger partial charge in [-0.2, -0.15) is 11.8 Å². The van der Waals surface area contributed by atoms with E-state index in [0.29, 0.717) is 4.88 Å². The molecule has 0 aliphatic carbocycles. The molecule has 1 N–H and O–H groups in total. The summed E-state index contributed by atoms with van der Waals surface area (Å²) in [6.07, 6.45) is 1.27. The van der Waals surface area contributed by atoms with Gasteiger partial charge in [-0.05, 0) is 30.8 Å². The minimum Gasteiger partial charge on any atom is -0.465 e. The molecule has 4 nitrogen and oxygen atoms in total. The van der Waals surface area contributed by atoms with Crippen LogP contribution in [0, 0.1) is 12.8 Å². The monoisotopic (exact) mass is 272 g/mol. The summed E-state index contributed by atoms with van der Waals surface area (Å²) < 4.78 is 4.71. The zero-order chi connectivity index (χ0) is 12.3. The molecule has 1 fully saturated rings. The van der Waals surface area contributed by atoms with Crippen molar-refractivity contribution in [3.63, 3.8) is 0 Å². The highest BCUT2D eigenvalue weighted by Gasteiger charge is 2.18. The van der Waals surface area contributed by atoms with Crippen molar-refractivity contribution in [1.82, 2.24) is 4.98 Å². The van der Waals surface area contributed by atoms with E-state index in [0.717, 1.165) is 23.3 Å². The van der Waals surface area contributed by atoms with Gasteiger partial charge in [0.2, 0.25) is 0 Å². The molecule has 17 heavy (non-hydrogen) atoms. The normalized spacial score (nSPS) is 19.3. The SMILES string of the molecule is COC(=O)c1sc(NCC2CCSC2)nc1C. The second-order valence-corrected chi connectivity index (χ2v) is 6.18. The molecule has 0 aromatic carbocycles. The van der Waals surface area contributed by atoms with Crippen LogP contribution >= 0.6 is 23.1 Å². The smallest absolute Gasteiger partial charge is 0.350 e. The molecule has 1 aliphatic rings. The van der Waals surface area contributed by atoms with Gasteiger partial charge >= 0.3 is 5.97 Å². The third-order valence-electron chi connectivity index (χ3n) is 2.73. The number of thioether (sulfide) groups is 1. The lowest BCUT2D eigenvalue weighted by Gasteiger charge is -2.07. The predicted molar refractivity (Wildman–Crippen MR) is 72.1 cm³/mol. The number of rotatable bonds is 4.